The lowest BCUT2D eigenvalue weighted by atomic mass is 9.56. The number of imide groups is 2. The Morgan fingerprint density at radius 3 is 2.02 bits per heavy atom. The van der Waals surface area contributed by atoms with Gasteiger partial charge in [-0.2, -0.15) is 0 Å². The smallest absolute Gasteiger partial charge is 0.258 e. The number of amides is 4. The number of likely N-dealkylation sites (tertiary alicyclic amines) is 1. The number of allylic oxidation sites excluding steroid dienone is 2. The zero-order chi connectivity index (χ0) is 36.2. The van der Waals surface area contributed by atoms with Crippen LogP contribution in [0.2, 0.25) is 0 Å². The standard InChI is InChI=1S/C34H22Cl2F6N2O6/c35-33-12-18-16(6-7-17-21(18)30(48)43(29(17)47)10-9-13-1-4-15(45)5-2-13)22(14-3-8-20(46)19(37)11-14)34(33,36)32(50)44(31(33)49)28-26(41)24(39)23(38)25(40)27(28)42/h1-6,8,11,17-18,21-22,45-46H,7,9-10,12H2. The van der Waals surface area contributed by atoms with Crippen molar-refractivity contribution in [2.24, 2.45) is 17.8 Å². The van der Waals surface area contributed by atoms with E-state index in [0.29, 0.717) is 5.56 Å². The van der Waals surface area contributed by atoms with E-state index in [-0.39, 0.29) is 41.2 Å². The SMILES string of the molecule is O=C1C2CC=C3C(CC4(Cl)C(=O)N(c5c(F)c(F)c(F)c(F)c5F)C(=O)C4(Cl)C3c3ccc(O)c(F)c3)C2C(=O)N1CCc1ccc(O)cc1. The van der Waals surface area contributed by atoms with Crippen LogP contribution in [0.3, 0.4) is 0 Å². The molecule has 0 aromatic heterocycles. The number of hydrogen-bond acceptors (Lipinski definition) is 6. The number of alkyl halides is 2. The van der Waals surface area contributed by atoms with Crippen LogP contribution in [0, 0.1) is 52.7 Å². The molecule has 3 aromatic carbocycles. The van der Waals surface area contributed by atoms with Gasteiger partial charge in [-0.25, -0.2) is 31.2 Å². The van der Waals surface area contributed by atoms with E-state index in [2.05, 4.69) is 0 Å². The molecule has 2 aliphatic heterocycles. The van der Waals surface area contributed by atoms with E-state index < -0.39 is 110 Å². The van der Waals surface area contributed by atoms with Gasteiger partial charge in [-0.1, -0.05) is 29.8 Å². The summed E-state index contributed by atoms with van der Waals surface area (Å²) in [6.45, 7) is -0.0685. The highest BCUT2D eigenvalue weighted by atomic mass is 35.5. The van der Waals surface area contributed by atoms with Gasteiger partial charge >= 0.3 is 0 Å². The lowest BCUT2D eigenvalue weighted by Gasteiger charge is -2.50. The highest BCUT2D eigenvalue weighted by Crippen LogP contribution is 2.66. The van der Waals surface area contributed by atoms with Crippen LogP contribution in [0.4, 0.5) is 32.0 Å². The summed E-state index contributed by atoms with van der Waals surface area (Å²) in [6.07, 6.45) is 0.907. The Labute approximate surface area is 288 Å². The van der Waals surface area contributed by atoms with Gasteiger partial charge in [0.1, 0.15) is 11.4 Å². The molecule has 2 aliphatic carbocycles. The second-order valence-electron chi connectivity index (χ2n) is 12.6. The molecule has 2 saturated heterocycles. The minimum Gasteiger partial charge on any atom is -0.508 e. The molecule has 260 valence electrons. The number of anilines is 1. The molecule has 4 amide bonds. The van der Waals surface area contributed by atoms with E-state index >= 15 is 8.78 Å². The number of benzene rings is 3. The molecule has 2 heterocycles. The van der Waals surface area contributed by atoms with Gasteiger partial charge in [-0.3, -0.25) is 24.1 Å². The fourth-order valence-electron chi connectivity index (χ4n) is 7.83. The van der Waals surface area contributed by atoms with E-state index in [4.69, 9.17) is 23.2 Å². The van der Waals surface area contributed by atoms with Gasteiger partial charge in [0.2, 0.25) is 17.6 Å². The maximum atomic E-state index is 15.1. The molecule has 7 rings (SSSR count). The number of carbonyl (C=O) groups excluding carboxylic acids is 4. The Bertz CT molecular complexity index is 2050. The van der Waals surface area contributed by atoms with Crippen LogP contribution in [0.5, 0.6) is 11.5 Å². The van der Waals surface area contributed by atoms with Gasteiger partial charge < -0.3 is 10.2 Å². The maximum absolute atomic E-state index is 15.1. The van der Waals surface area contributed by atoms with Gasteiger partial charge in [-0.15, -0.1) is 23.2 Å². The molecule has 16 heteroatoms. The first-order valence-electron chi connectivity index (χ1n) is 15.1. The molecule has 0 bridgehead atoms. The quantitative estimate of drug-likeness (QED) is 0.0863. The van der Waals surface area contributed by atoms with Crippen molar-refractivity contribution in [3.8, 4) is 11.5 Å². The third kappa shape index (κ3) is 4.46. The molecule has 3 aromatic rings. The number of nitrogens with zero attached hydrogens (tertiary/aromatic N) is 2. The molecule has 0 spiro atoms. The van der Waals surface area contributed by atoms with E-state index in [1.165, 1.54) is 18.2 Å². The summed E-state index contributed by atoms with van der Waals surface area (Å²) < 4.78 is 87.8. The Balaban J connectivity index is 1.36. The predicted octanol–water partition coefficient (Wildman–Crippen LogP) is 5.74. The van der Waals surface area contributed by atoms with Gasteiger partial charge in [0, 0.05) is 12.5 Å². The molecule has 50 heavy (non-hydrogen) atoms. The van der Waals surface area contributed by atoms with Crippen LogP contribution in [-0.2, 0) is 25.6 Å². The van der Waals surface area contributed by atoms with E-state index in [1.54, 1.807) is 12.1 Å². The van der Waals surface area contributed by atoms with Gasteiger partial charge in [0.15, 0.2) is 44.6 Å². The van der Waals surface area contributed by atoms with Crippen LogP contribution >= 0.6 is 23.2 Å². The number of aromatic hydroxyl groups is 2. The van der Waals surface area contributed by atoms with E-state index in [9.17, 15) is 47.0 Å². The first-order valence-corrected chi connectivity index (χ1v) is 15.9. The largest absolute Gasteiger partial charge is 0.508 e. The summed E-state index contributed by atoms with van der Waals surface area (Å²) in [6, 6.07) is 8.86. The summed E-state index contributed by atoms with van der Waals surface area (Å²) in [4.78, 5) is 51.2. The van der Waals surface area contributed by atoms with Crippen LogP contribution in [-0.4, -0.2) is 55.0 Å². The molecule has 1 saturated carbocycles. The zero-order valence-electron chi connectivity index (χ0n) is 25.2. The summed E-state index contributed by atoms with van der Waals surface area (Å²) in [5.41, 5.74) is -1.27. The molecule has 4 aliphatic rings. The van der Waals surface area contributed by atoms with Crippen LogP contribution < -0.4 is 4.90 Å². The number of halogens is 8. The molecule has 2 N–H and O–H groups in total. The van der Waals surface area contributed by atoms with Crippen molar-refractivity contribution >= 4 is 52.5 Å². The Morgan fingerprint density at radius 1 is 0.780 bits per heavy atom. The Morgan fingerprint density at radius 2 is 1.40 bits per heavy atom. The van der Waals surface area contributed by atoms with Crippen LogP contribution in [0.25, 0.3) is 0 Å². The first kappa shape index (κ1) is 33.9. The van der Waals surface area contributed by atoms with Crippen molar-refractivity contribution in [2.45, 2.75) is 34.9 Å². The van der Waals surface area contributed by atoms with Crippen LogP contribution in [0.15, 0.2) is 54.1 Å². The maximum Gasteiger partial charge on any atom is 0.258 e. The lowest BCUT2D eigenvalue weighted by Crippen LogP contribution is -2.60. The molecular formula is C34H22Cl2F6N2O6. The monoisotopic (exact) mass is 738 g/mol. The van der Waals surface area contributed by atoms with Crippen molar-refractivity contribution in [1.29, 1.82) is 0 Å². The van der Waals surface area contributed by atoms with Crippen molar-refractivity contribution in [2.75, 3.05) is 11.4 Å². The van der Waals surface area contributed by atoms with E-state index in [0.717, 1.165) is 23.1 Å². The van der Waals surface area contributed by atoms with Gasteiger partial charge in [0.25, 0.3) is 11.8 Å². The van der Waals surface area contributed by atoms with Crippen molar-refractivity contribution in [3.05, 3.63) is 100 Å². The number of phenolic OH excluding ortho intramolecular Hbond substituents is 2. The average molecular weight is 739 g/mol. The van der Waals surface area contributed by atoms with Gasteiger partial charge in [0.05, 0.1) is 11.8 Å². The topological polar surface area (TPSA) is 115 Å². The molecule has 6 unspecified atom stereocenters. The number of hydrogen-bond donors (Lipinski definition) is 2. The van der Waals surface area contributed by atoms with E-state index in [1.807, 2.05) is 0 Å². The number of fused-ring (bicyclic) bond motifs is 4. The van der Waals surface area contributed by atoms with Crippen molar-refractivity contribution < 1.29 is 55.7 Å². The summed E-state index contributed by atoms with van der Waals surface area (Å²) in [5.74, 6) is -24.1. The molecule has 0 radical (unpaired) electrons. The normalized spacial score (nSPS) is 28.9. The number of phenols is 2. The van der Waals surface area contributed by atoms with Crippen molar-refractivity contribution in [3.63, 3.8) is 0 Å². The second-order valence-corrected chi connectivity index (χ2v) is 13.9. The first-order chi connectivity index (χ1) is 23.5. The molecule has 3 fully saturated rings. The number of carbonyl (C=O) groups is 4. The van der Waals surface area contributed by atoms with Gasteiger partial charge in [-0.05, 0) is 60.6 Å². The third-order valence-electron chi connectivity index (χ3n) is 10.2. The Hall–Kier alpha value is -4.56. The Kier molecular flexibility index (Phi) is 7.79. The minimum absolute atomic E-state index is 0.0103. The lowest BCUT2D eigenvalue weighted by molar-refractivity contribution is -0.140. The predicted molar refractivity (Wildman–Crippen MR) is 163 cm³/mol. The fourth-order valence-corrected chi connectivity index (χ4v) is 8.77. The summed E-state index contributed by atoms with van der Waals surface area (Å²) >= 11 is 14.0. The second kappa shape index (κ2) is 11.5. The minimum atomic E-state index is -2.81. The molecular weight excluding hydrogens is 717 g/mol. The molecule has 8 nitrogen and oxygen atoms in total. The highest BCUT2D eigenvalue weighted by molar-refractivity contribution is 6.58. The van der Waals surface area contributed by atoms with Crippen LogP contribution in [0.1, 0.15) is 29.9 Å². The summed E-state index contributed by atoms with van der Waals surface area (Å²) in [7, 11) is 0. The average Bonchev–Trinajstić information content (AvgIpc) is 3.41. The summed E-state index contributed by atoms with van der Waals surface area (Å²) in [5, 5.41) is 19.5. The fraction of sp³-hybridized carbons (Fsp3) is 0.294. The molecule has 6 atom stereocenters. The third-order valence-corrected chi connectivity index (χ3v) is 11.6. The highest BCUT2D eigenvalue weighted by Gasteiger charge is 2.77. The zero-order valence-corrected chi connectivity index (χ0v) is 26.7. The van der Waals surface area contributed by atoms with Crippen molar-refractivity contribution in [1.82, 2.24) is 4.90 Å². The number of rotatable bonds is 5.